The van der Waals surface area contributed by atoms with E-state index in [1.807, 2.05) is 21.1 Å². The fourth-order valence-corrected chi connectivity index (χ4v) is 9.88. The summed E-state index contributed by atoms with van der Waals surface area (Å²) >= 11 is 0. The van der Waals surface area contributed by atoms with Gasteiger partial charge in [0.05, 0.1) is 34.4 Å². The van der Waals surface area contributed by atoms with Crippen LogP contribution >= 0.6 is 7.82 Å². The first kappa shape index (κ1) is 68.2. The number of allylic oxidation sites excluding steroid dienone is 2. The van der Waals surface area contributed by atoms with Crippen LogP contribution < -0.4 is 0 Å². The average Bonchev–Trinajstić information content (AvgIpc) is 3.31. The molecule has 0 spiro atoms. The molecule has 0 bridgehead atoms. The molecule has 0 saturated carbocycles. The molecule has 0 aliphatic carbocycles. The fourth-order valence-electron chi connectivity index (χ4n) is 9.14. The van der Waals surface area contributed by atoms with Crippen LogP contribution in [-0.2, 0) is 27.9 Å². The maximum Gasteiger partial charge on any atom is 0.472 e. The lowest BCUT2D eigenvalue weighted by Gasteiger charge is -2.24. The van der Waals surface area contributed by atoms with Gasteiger partial charge in [-0.05, 0) is 38.5 Å². The van der Waals surface area contributed by atoms with Gasteiger partial charge in [0.15, 0.2) is 0 Å². The molecule has 0 aromatic heterocycles. The van der Waals surface area contributed by atoms with Crippen molar-refractivity contribution in [1.29, 1.82) is 0 Å². The molecule has 0 aromatic carbocycles. The molecule has 1 N–H and O–H groups in total. The number of carbonyl (C=O) groups is 1. The number of hydrogen-bond donors (Lipinski definition) is 1. The second kappa shape index (κ2) is 53.5. The number of likely N-dealkylation sites (N-methyl/N-ethyl adjacent to an activating group) is 1. The minimum Gasteiger partial charge on any atom is -0.457 e. The van der Waals surface area contributed by atoms with Gasteiger partial charge in [0.25, 0.3) is 0 Å². The summed E-state index contributed by atoms with van der Waals surface area (Å²) in [5.41, 5.74) is 0. The van der Waals surface area contributed by atoms with E-state index in [4.69, 9.17) is 18.5 Å². The van der Waals surface area contributed by atoms with E-state index in [1.165, 1.54) is 257 Å². The molecule has 9 heteroatoms. The van der Waals surface area contributed by atoms with Crippen molar-refractivity contribution in [3.05, 3.63) is 12.2 Å². The van der Waals surface area contributed by atoms with Gasteiger partial charge in [0.2, 0.25) is 0 Å². The number of phosphoric acid groups is 1. The van der Waals surface area contributed by atoms with Crippen molar-refractivity contribution in [3.63, 3.8) is 0 Å². The monoisotopic (exact) mass is 999 g/mol. The van der Waals surface area contributed by atoms with Crippen molar-refractivity contribution in [2.24, 2.45) is 0 Å². The van der Waals surface area contributed by atoms with E-state index in [1.54, 1.807) is 0 Å². The Labute approximate surface area is 431 Å². The van der Waals surface area contributed by atoms with Gasteiger partial charge in [0, 0.05) is 13.0 Å². The number of rotatable bonds is 58. The molecule has 0 amide bonds. The molecular formula is C60H121NO7P+. The van der Waals surface area contributed by atoms with E-state index in [0.717, 1.165) is 32.1 Å². The molecule has 412 valence electrons. The summed E-state index contributed by atoms with van der Waals surface area (Å²) in [4.78, 5) is 23.1. The average molecular weight is 1000 g/mol. The lowest BCUT2D eigenvalue weighted by Crippen LogP contribution is -2.37. The van der Waals surface area contributed by atoms with Crippen LogP contribution in [0.15, 0.2) is 12.2 Å². The fraction of sp³-hybridized carbons (Fsp3) is 0.950. The second-order valence-electron chi connectivity index (χ2n) is 22.1. The molecule has 8 nitrogen and oxygen atoms in total. The Morgan fingerprint density at radius 2 is 0.754 bits per heavy atom. The summed E-state index contributed by atoms with van der Waals surface area (Å²) in [5.74, 6) is -0.306. The highest BCUT2D eigenvalue weighted by Crippen LogP contribution is 2.43. The molecule has 0 aliphatic heterocycles. The number of nitrogens with zero attached hydrogens (tertiary/aromatic N) is 1. The van der Waals surface area contributed by atoms with Crippen LogP contribution in [0.25, 0.3) is 0 Å². The Kier molecular flexibility index (Phi) is 52.9. The SMILES string of the molecule is CCCCCCCCCC/C=C\CCCCCCCCCCCCCC(=O)OC(COCCCCCCCCCCCCCCCCCCCCCCCCCC)COP(=O)(O)OCC[N+](C)(C)C. The normalized spacial score (nSPS) is 13.4. The number of ether oxygens (including phenoxy) is 2. The van der Waals surface area contributed by atoms with Gasteiger partial charge in [-0.2, -0.15) is 0 Å². The summed E-state index contributed by atoms with van der Waals surface area (Å²) in [5, 5.41) is 0. The minimum atomic E-state index is -4.28. The zero-order valence-electron chi connectivity index (χ0n) is 47.1. The van der Waals surface area contributed by atoms with Crippen LogP contribution in [0.4, 0.5) is 0 Å². The first-order valence-electron chi connectivity index (χ1n) is 30.4. The lowest BCUT2D eigenvalue weighted by molar-refractivity contribution is -0.870. The van der Waals surface area contributed by atoms with Crippen LogP contribution in [-0.4, -0.2) is 75.6 Å². The van der Waals surface area contributed by atoms with Gasteiger partial charge < -0.3 is 18.9 Å². The first-order valence-corrected chi connectivity index (χ1v) is 31.9. The van der Waals surface area contributed by atoms with Crippen molar-refractivity contribution in [2.45, 2.75) is 315 Å². The Bertz CT molecular complexity index is 1110. The first-order chi connectivity index (χ1) is 33.6. The summed E-state index contributed by atoms with van der Waals surface area (Å²) in [6.45, 7) is 5.71. The number of hydrogen-bond acceptors (Lipinski definition) is 6. The van der Waals surface area contributed by atoms with Gasteiger partial charge >= 0.3 is 13.8 Å². The molecule has 2 atom stereocenters. The number of phosphoric ester groups is 1. The third kappa shape index (κ3) is 58.0. The second-order valence-corrected chi connectivity index (χ2v) is 23.5. The number of quaternary nitrogens is 1. The smallest absolute Gasteiger partial charge is 0.457 e. The number of unbranched alkanes of at least 4 members (excludes halogenated alkanes) is 42. The zero-order valence-corrected chi connectivity index (χ0v) is 48.0. The largest absolute Gasteiger partial charge is 0.472 e. The molecule has 0 fully saturated rings. The van der Waals surface area contributed by atoms with Crippen molar-refractivity contribution in [1.82, 2.24) is 0 Å². The van der Waals surface area contributed by atoms with E-state index in [2.05, 4.69) is 26.0 Å². The molecule has 0 saturated heterocycles. The molecule has 0 aliphatic rings. The molecular weight excluding hydrogens is 878 g/mol. The molecule has 0 radical (unpaired) electrons. The molecule has 2 unspecified atom stereocenters. The minimum absolute atomic E-state index is 0.0926. The highest BCUT2D eigenvalue weighted by Gasteiger charge is 2.26. The van der Waals surface area contributed by atoms with E-state index in [0.29, 0.717) is 24.1 Å². The third-order valence-electron chi connectivity index (χ3n) is 13.8. The van der Waals surface area contributed by atoms with Crippen LogP contribution in [0.2, 0.25) is 0 Å². The predicted octanol–water partition coefficient (Wildman–Crippen LogP) is 19.3. The number of carbonyl (C=O) groups excluding carboxylic acids is 1. The summed E-state index contributed by atoms with van der Waals surface area (Å²) in [7, 11) is 1.69. The van der Waals surface area contributed by atoms with Crippen LogP contribution in [0.1, 0.15) is 309 Å². The summed E-state index contributed by atoms with van der Waals surface area (Å²) in [6, 6.07) is 0. The van der Waals surface area contributed by atoms with Crippen molar-refractivity contribution < 1.29 is 37.3 Å². The van der Waals surface area contributed by atoms with Crippen molar-refractivity contribution in [2.75, 3.05) is 54.1 Å². The maximum absolute atomic E-state index is 12.8. The Morgan fingerprint density at radius 3 is 1.10 bits per heavy atom. The Hall–Kier alpha value is -0.760. The van der Waals surface area contributed by atoms with Crippen LogP contribution in [0.5, 0.6) is 0 Å². The predicted molar refractivity (Wildman–Crippen MR) is 298 cm³/mol. The van der Waals surface area contributed by atoms with Crippen LogP contribution in [0.3, 0.4) is 0 Å². The summed E-state index contributed by atoms with van der Waals surface area (Å²) in [6.07, 6.45) is 64.3. The van der Waals surface area contributed by atoms with Crippen molar-refractivity contribution in [3.8, 4) is 0 Å². The molecule has 0 heterocycles. The lowest BCUT2D eigenvalue weighted by atomic mass is 10.0. The highest BCUT2D eigenvalue weighted by atomic mass is 31.2. The Morgan fingerprint density at radius 1 is 0.435 bits per heavy atom. The van der Waals surface area contributed by atoms with E-state index < -0.39 is 13.9 Å². The Balaban J connectivity index is 4.00. The van der Waals surface area contributed by atoms with Gasteiger partial charge in [-0.15, -0.1) is 0 Å². The quantitative estimate of drug-likeness (QED) is 0.0213. The summed E-state index contributed by atoms with van der Waals surface area (Å²) < 4.78 is 35.3. The standard InChI is InChI=1S/C60H120NO7P/c1-6-8-10-12-14-16-18-20-22-24-26-28-30-32-34-36-38-40-42-44-46-48-50-52-55-65-57-59(58-67-69(63,64)66-56-54-61(3,4)5)68-60(62)53-51-49-47-45-43-41-39-37-35-33-31-29-27-25-23-21-19-17-15-13-11-9-7-2/h25,27,59H,6-24,26,28-58H2,1-5H3/p+1/b27-25-. The topological polar surface area (TPSA) is 91.3 Å². The van der Waals surface area contributed by atoms with E-state index >= 15 is 0 Å². The molecule has 69 heavy (non-hydrogen) atoms. The van der Waals surface area contributed by atoms with Crippen LogP contribution in [0, 0.1) is 0 Å². The number of esters is 1. The van der Waals surface area contributed by atoms with Crippen molar-refractivity contribution >= 4 is 13.8 Å². The van der Waals surface area contributed by atoms with E-state index in [9.17, 15) is 14.3 Å². The van der Waals surface area contributed by atoms with E-state index in [-0.39, 0.29) is 25.8 Å². The van der Waals surface area contributed by atoms with Gasteiger partial charge in [-0.3, -0.25) is 13.8 Å². The van der Waals surface area contributed by atoms with Gasteiger partial charge in [0.1, 0.15) is 19.3 Å². The molecule has 0 aromatic rings. The highest BCUT2D eigenvalue weighted by molar-refractivity contribution is 7.47. The maximum atomic E-state index is 12.8. The zero-order chi connectivity index (χ0) is 50.5. The van der Waals surface area contributed by atoms with Gasteiger partial charge in [-0.25, -0.2) is 4.57 Å². The van der Waals surface area contributed by atoms with Gasteiger partial charge in [-0.1, -0.05) is 276 Å². The molecule has 0 rings (SSSR count). The third-order valence-corrected chi connectivity index (χ3v) is 14.8.